The predicted molar refractivity (Wildman–Crippen MR) is 115 cm³/mol. The van der Waals surface area contributed by atoms with Crippen molar-refractivity contribution in [1.82, 2.24) is 0 Å². The van der Waals surface area contributed by atoms with E-state index in [0.717, 1.165) is 38.5 Å². The molecule has 0 radical (unpaired) electrons. The molecule has 6 heteroatoms. The third-order valence-corrected chi connectivity index (χ3v) is 4.52. The minimum absolute atomic E-state index is 0.0366. The van der Waals surface area contributed by atoms with Gasteiger partial charge < -0.3 is 15.6 Å². The van der Waals surface area contributed by atoms with E-state index in [1.165, 1.54) is 25.7 Å². The first-order chi connectivity index (χ1) is 14.0. The quantitative estimate of drug-likeness (QED) is 0.142. The van der Waals surface area contributed by atoms with Gasteiger partial charge in [-0.1, -0.05) is 63.3 Å². The fraction of sp³-hybridized carbons (Fsp3) is 0.696. The number of ether oxygens (including phenoxy) is 1. The van der Waals surface area contributed by atoms with E-state index >= 15 is 0 Å². The van der Waals surface area contributed by atoms with Crippen LogP contribution in [0.25, 0.3) is 0 Å². The topological polar surface area (TPSA) is 107 Å². The molecule has 0 amide bonds. The zero-order chi connectivity index (χ0) is 21.7. The highest BCUT2D eigenvalue weighted by Crippen LogP contribution is 2.09. The van der Waals surface area contributed by atoms with Crippen molar-refractivity contribution >= 4 is 17.9 Å². The summed E-state index contributed by atoms with van der Waals surface area (Å²) in [4.78, 5) is 33.6. The maximum absolute atomic E-state index is 11.6. The molecule has 0 aromatic heterocycles. The Morgan fingerprint density at radius 1 is 0.862 bits per heavy atom. The molecule has 0 saturated carbocycles. The Kier molecular flexibility index (Phi) is 18.1. The highest BCUT2D eigenvalue weighted by molar-refractivity contribution is 5.88. The van der Waals surface area contributed by atoms with E-state index in [1.807, 2.05) is 0 Å². The summed E-state index contributed by atoms with van der Waals surface area (Å²) in [6, 6.07) is -1.07. The number of carbonyl (C=O) groups is 3. The van der Waals surface area contributed by atoms with Gasteiger partial charge in [0.1, 0.15) is 6.04 Å². The number of unbranched alkanes of at least 4 members (excludes halogenated alkanes) is 8. The Hall–Kier alpha value is -1.95. The molecule has 0 aliphatic rings. The van der Waals surface area contributed by atoms with E-state index < -0.39 is 23.9 Å². The van der Waals surface area contributed by atoms with Crippen LogP contribution in [0.1, 0.15) is 96.8 Å². The van der Waals surface area contributed by atoms with Crippen LogP contribution in [0.5, 0.6) is 0 Å². The van der Waals surface area contributed by atoms with Gasteiger partial charge in [0.15, 0.2) is 0 Å². The Labute approximate surface area is 175 Å². The molecule has 0 bridgehead atoms. The number of rotatable bonds is 18. The maximum Gasteiger partial charge on any atom is 0.330 e. The van der Waals surface area contributed by atoms with Crippen LogP contribution in [0, 0.1) is 0 Å². The summed E-state index contributed by atoms with van der Waals surface area (Å²) < 4.78 is 4.65. The number of hydrogen-bond acceptors (Lipinski definition) is 5. The molecule has 0 fully saturated rings. The molecule has 166 valence electrons. The van der Waals surface area contributed by atoms with Crippen LogP contribution in [0.2, 0.25) is 0 Å². The average molecular weight is 410 g/mol. The Balaban J connectivity index is 3.53. The molecule has 0 aliphatic carbocycles. The first-order valence-corrected chi connectivity index (χ1v) is 11.0. The van der Waals surface area contributed by atoms with Crippen molar-refractivity contribution in [3.05, 3.63) is 24.3 Å². The first-order valence-electron chi connectivity index (χ1n) is 11.0. The second-order valence-electron chi connectivity index (χ2n) is 7.31. The molecule has 0 unspecified atom stereocenters. The molecule has 0 aromatic carbocycles. The fourth-order valence-corrected chi connectivity index (χ4v) is 2.72. The minimum Gasteiger partial charge on any atom is -0.481 e. The molecule has 0 spiro atoms. The highest BCUT2D eigenvalue weighted by Gasteiger charge is 2.19. The number of esters is 2. The largest absolute Gasteiger partial charge is 0.481 e. The fourth-order valence-electron chi connectivity index (χ4n) is 2.72. The van der Waals surface area contributed by atoms with Gasteiger partial charge >= 0.3 is 17.9 Å². The molecular weight excluding hydrogens is 370 g/mol. The van der Waals surface area contributed by atoms with Gasteiger partial charge in [-0.05, 0) is 44.9 Å². The second-order valence-corrected chi connectivity index (χ2v) is 7.31. The molecule has 0 heterocycles. The number of nitrogens with two attached hydrogens (primary N) is 1. The average Bonchev–Trinajstić information content (AvgIpc) is 2.68. The normalized spacial score (nSPS) is 12.5. The number of hydrogen-bond donors (Lipinski definition) is 2. The SMILES string of the molecule is CCCCC/C=C\C/C=C\CCCCCCCC(=O)OC(=O)[C@@H](N)CCC(=O)O. The summed E-state index contributed by atoms with van der Waals surface area (Å²) in [5, 5.41) is 8.55. The summed E-state index contributed by atoms with van der Waals surface area (Å²) >= 11 is 0. The van der Waals surface area contributed by atoms with Gasteiger partial charge in [0.05, 0.1) is 0 Å². The molecule has 1 atom stereocenters. The summed E-state index contributed by atoms with van der Waals surface area (Å²) in [5.41, 5.74) is 5.50. The van der Waals surface area contributed by atoms with Crippen LogP contribution < -0.4 is 5.73 Å². The Bertz CT molecular complexity index is 513. The highest BCUT2D eigenvalue weighted by atomic mass is 16.6. The molecule has 0 aliphatic heterocycles. The zero-order valence-electron chi connectivity index (χ0n) is 17.9. The van der Waals surface area contributed by atoms with Gasteiger partial charge in [-0.2, -0.15) is 0 Å². The summed E-state index contributed by atoms with van der Waals surface area (Å²) in [7, 11) is 0. The van der Waals surface area contributed by atoms with Crippen LogP contribution in [-0.4, -0.2) is 29.1 Å². The van der Waals surface area contributed by atoms with Crippen LogP contribution in [0.4, 0.5) is 0 Å². The maximum atomic E-state index is 11.6. The standard InChI is InChI=1S/C23H39NO5/c1-2-3-4-5-6-7-8-9-10-11-12-13-14-15-16-17-22(27)29-23(28)20(24)18-19-21(25)26/h6-7,9-10,20H,2-5,8,11-19,24H2,1H3,(H,25,26)/b7-6-,10-9-/t20-/m0/s1. The van der Waals surface area contributed by atoms with Crippen LogP contribution in [0.3, 0.4) is 0 Å². The molecule has 0 aromatic rings. The van der Waals surface area contributed by atoms with Crippen LogP contribution in [0.15, 0.2) is 24.3 Å². The smallest absolute Gasteiger partial charge is 0.330 e. The molecular formula is C23H39NO5. The third kappa shape index (κ3) is 19.2. The molecule has 3 N–H and O–H groups in total. The van der Waals surface area contributed by atoms with Gasteiger partial charge in [-0.15, -0.1) is 0 Å². The lowest BCUT2D eigenvalue weighted by atomic mass is 10.1. The number of allylic oxidation sites excluding steroid dienone is 4. The number of carbonyl (C=O) groups excluding carboxylic acids is 2. The number of carboxylic acids is 1. The zero-order valence-corrected chi connectivity index (χ0v) is 17.9. The minimum atomic E-state index is -1.07. The lowest BCUT2D eigenvalue weighted by Crippen LogP contribution is -2.34. The van der Waals surface area contributed by atoms with Gasteiger partial charge in [0.25, 0.3) is 0 Å². The monoisotopic (exact) mass is 409 g/mol. The lowest BCUT2D eigenvalue weighted by Gasteiger charge is -2.08. The summed E-state index contributed by atoms with van der Waals surface area (Å²) in [5.74, 6) is -2.48. The van der Waals surface area contributed by atoms with E-state index in [2.05, 4.69) is 36.0 Å². The van der Waals surface area contributed by atoms with Gasteiger partial charge in [0.2, 0.25) is 0 Å². The van der Waals surface area contributed by atoms with Gasteiger partial charge in [0, 0.05) is 12.8 Å². The van der Waals surface area contributed by atoms with E-state index in [9.17, 15) is 14.4 Å². The summed E-state index contributed by atoms with van der Waals surface area (Å²) in [6.45, 7) is 2.22. The van der Waals surface area contributed by atoms with E-state index in [0.29, 0.717) is 6.42 Å². The number of aliphatic carboxylic acids is 1. The van der Waals surface area contributed by atoms with Crippen molar-refractivity contribution in [2.45, 2.75) is 103 Å². The molecule has 0 rings (SSSR count). The second kappa shape index (κ2) is 19.4. The Morgan fingerprint density at radius 2 is 1.45 bits per heavy atom. The Morgan fingerprint density at radius 3 is 2.07 bits per heavy atom. The molecule has 29 heavy (non-hydrogen) atoms. The van der Waals surface area contributed by atoms with E-state index in [4.69, 9.17) is 10.8 Å². The number of carboxylic acid groups (broad SMARTS) is 1. The van der Waals surface area contributed by atoms with Gasteiger partial charge in [-0.25, -0.2) is 4.79 Å². The first kappa shape index (κ1) is 27.0. The lowest BCUT2D eigenvalue weighted by molar-refractivity contribution is -0.160. The van der Waals surface area contributed by atoms with Crippen molar-refractivity contribution in [2.75, 3.05) is 0 Å². The van der Waals surface area contributed by atoms with Gasteiger partial charge in [-0.3, -0.25) is 9.59 Å². The van der Waals surface area contributed by atoms with Crippen LogP contribution in [-0.2, 0) is 19.1 Å². The van der Waals surface area contributed by atoms with Crippen molar-refractivity contribution in [2.24, 2.45) is 5.73 Å². The third-order valence-electron chi connectivity index (χ3n) is 4.52. The predicted octanol–water partition coefficient (Wildman–Crippen LogP) is 5.06. The van der Waals surface area contributed by atoms with Crippen molar-refractivity contribution in [3.63, 3.8) is 0 Å². The van der Waals surface area contributed by atoms with Crippen molar-refractivity contribution in [3.8, 4) is 0 Å². The molecule has 0 saturated heterocycles. The van der Waals surface area contributed by atoms with Crippen molar-refractivity contribution in [1.29, 1.82) is 0 Å². The van der Waals surface area contributed by atoms with E-state index in [-0.39, 0.29) is 19.3 Å². The molecule has 6 nitrogen and oxygen atoms in total. The van der Waals surface area contributed by atoms with Crippen molar-refractivity contribution < 1.29 is 24.2 Å². The van der Waals surface area contributed by atoms with E-state index in [1.54, 1.807) is 0 Å². The van der Waals surface area contributed by atoms with Crippen LogP contribution >= 0.6 is 0 Å². The summed E-state index contributed by atoms with van der Waals surface area (Å²) in [6.07, 6.45) is 20.9.